The topological polar surface area (TPSA) is 92.1 Å². The van der Waals surface area contributed by atoms with Gasteiger partial charge < -0.3 is 0 Å². The van der Waals surface area contributed by atoms with Gasteiger partial charge in [-0.25, -0.2) is 16.8 Å². The van der Waals surface area contributed by atoms with Crippen molar-refractivity contribution in [2.24, 2.45) is 0 Å². The number of alkyl halides is 1. The highest BCUT2D eigenvalue weighted by Crippen LogP contribution is 2.28. The van der Waals surface area contributed by atoms with Gasteiger partial charge in [0.2, 0.25) is 0 Å². The summed E-state index contributed by atoms with van der Waals surface area (Å²) in [6.07, 6.45) is 1.99. The molecule has 5 nitrogen and oxygen atoms in total. The summed E-state index contributed by atoms with van der Waals surface area (Å²) in [5, 5.41) is 9.27. The molecule has 1 atom stereocenters. The van der Waals surface area contributed by atoms with Gasteiger partial charge in [-0.05, 0) is 17.7 Å². The Morgan fingerprint density at radius 2 is 1.79 bits per heavy atom. The summed E-state index contributed by atoms with van der Waals surface area (Å²) in [7, 11) is -7.12. The fraction of sp³-hybridized carbons (Fsp3) is 0.364. The molecule has 0 saturated heterocycles. The molecule has 1 aromatic carbocycles. The maximum atomic E-state index is 11.7. The van der Waals surface area contributed by atoms with Crippen LogP contribution in [0.25, 0.3) is 0 Å². The fourth-order valence-corrected chi connectivity index (χ4v) is 3.74. The molecule has 0 bridgehead atoms. The molecule has 0 aromatic heterocycles. The lowest BCUT2D eigenvalue weighted by molar-refractivity contribution is 0.599. The SMILES string of the molecule is CS(=O)(=O)c1ccc(C(C#N)CBr)c(S(C)(=O)=O)c1. The van der Waals surface area contributed by atoms with Crippen molar-refractivity contribution in [1.82, 2.24) is 0 Å². The molecular formula is C11H12BrNO4S2. The van der Waals surface area contributed by atoms with Crippen molar-refractivity contribution in [3.8, 4) is 6.07 Å². The molecule has 8 heteroatoms. The molecule has 0 aliphatic carbocycles. The summed E-state index contributed by atoms with van der Waals surface area (Å²) in [6, 6.07) is 5.77. The lowest BCUT2D eigenvalue weighted by Crippen LogP contribution is -2.09. The van der Waals surface area contributed by atoms with E-state index in [4.69, 9.17) is 5.26 Å². The summed E-state index contributed by atoms with van der Waals surface area (Å²) in [5.41, 5.74) is 0.300. The second-order valence-corrected chi connectivity index (χ2v) is 8.73. The minimum atomic E-state index is -3.62. The van der Waals surface area contributed by atoms with Crippen LogP contribution >= 0.6 is 15.9 Å². The molecule has 19 heavy (non-hydrogen) atoms. The lowest BCUT2D eigenvalue weighted by Gasteiger charge is -2.12. The molecule has 0 aliphatic rings. The molecule has 104 valence electrons. The summed E-state index contributed by atoms with van der Waals surface area (Å²) < 4.78 is 46.4. The Balaban J connectivity index is 3.66. The second-order valence-electron chi connectivity index (χ2n) is 4.08. The van der Waals surface area contributed by atoms with Crippen LogP contribution in [0.4, 0.5) is 0 Å². The van der Waals surface area contributed by atoms with Crippen LogP contribution in [0, 0.1) is 11.3 Å². The second kappa shape index (κ2) is 5.61. The normalized spacial score (nSPS) is 13.8. The van der Waals surface area contributed by atoms with Gasteiger partial charge in [-0.3, -0.25) is 0 Å². The van der Waals surface area contributed by atoms with Crippen LogP contribution in [0.5, 0.6) is 0 Å². The monoisotopic (exact) mass is 365 g/mol. The summed E-state index contributed by atoms with van der Waals surface area (Å²) in [4.78, 5) is -0.204. The Kier molecular flexibility index (Phi) is 4.76. The Labute approximate surface area is 121 Å². The van der Waals surface area contributed by atoms with Gasteiger partial charge in [0.25, 0.3) is 0 Å². The molecule has 0 N–H and O–H groups in total. The molecule has 0 aliphatic heterocycles. The molecule has 1 rings (SSSR count). The van der Waals surface area contributed by atoms with Crippen molar-refractivity contribution >= 4 is 35.6 Å². The molecule has 0 spiro atoms. The molecule has 1 unspecified atom stereocenters. The third-order valence-electron chi connectivity index (χ3n) is 2.50. The van der Waals surface area contributed by atoms with Crippen LogP contribution in [-0.4, -0.2) is 34.7 Å². The first-order valence-electron chi connectivity index (χ1n) is 5.11. The van der Waals surface area contributed by atoms with Gasteiger partial charge in [0.05, 0.1) is 21.8 Å². The van der Waals surface area contributed by atoms with Crippen LogP contribution in [-0.2, 0) is 19.7 Å². The highest BCUT2D eigenvalue weighted by molar-refractivity contribution is 9.09. The van der Waals surface area contributed by atoms with Crippen molar-refractivity contribution in [3.63, 3.8) is 0 Å². The van der Waals surface area contributed by atoms with Crippen LogP contribution in [0.15, 0.2) is 28.0 Å². The van der Waals surface area contributed by atoms with E-state index >= 15 is 0 Å². The molecule has 0 amide bonds. The van der Waals surface area contributed by atoms with Crippen molar-refractivity contribution < 1.29 is 16.8 Å². The number of nitriles is 1. The number of rotatable bonds is 4. The number of hydrogen-bond acceptors (Lipinski definition) is 5. The quantitative estimate of drug-likeness (QED) is 0.753. The van der Waals surface area contributed by atoms with Crippen LogP contribution in [0.3, 0.4) is 0 Å². The van der Waals surface area contributed by atoms with Gasteiger partial charge in [-0.15, -0.1) is 0 Å². The van der Waals surface area contributed by atoms with Crippen LogP contribution in [0.2, 0.25) is 0 Å². The van der Waals surface area contributed by atoms with Gasteiger partial charge in [-0.2, -0.15) is 5.26 Å². The first kappa shape index (κ1) is 16.1. The predicted octanol–water partition coefficient (Wildman–Crippen LogP) is 1.50. The number of halogens is 1. The molecule has 1 aromatic rings. The number of benzene rings is 1. The largest absolute Gasteiger partial charge is 0.224 e. The van der Waals surface area contributed by atoms with Gasteiger partial charge in [-0.1, -0.05) is 22.0 Å². The van der Waals surface area contributed by atoms with Crippen molar-refractivity contribution in [2.75, 3.05) is 17.8 Å². The Morgan fingerprint density at radius 3 is 2.16 bits per heavy atom. The number of nitrogens with zero attached hydrogens (tertiary/aromatic N) is 1. The average Bonchev–Trinajstić information content (AvgIpc) is 2.28. The van der Waals surface area contributed by atoms with E-state index in [-0.39, 0.29) is 15.1 Å². The van der Waals surface area contributed by atoms with Gasteiger partial charge in [0.15, 0.2) is 19.7 Å². The van der Waals surface area contributed by atoms with E-state index in [1.54, 1.807) is 0 Å². The van der Waals surface area contributed by atoms with Crippen LogP contribution < -0.4 is 0 Å². The zero-order valence-electron chi connectivity index (χ0n) is 10.3. The zero-order chi connectivity index (χ0) is 14.8. The van der Waals surface area contributed by atoms with E-state index < -0.39 is 25.6 Å². The van der Waals surface area contributed by atoms with E-state index in [2.05, 4.69) is 15.9 Å². The minimum absolute atomic E-state index is 0.0806. The van der Waals surface area contributed by atoms with E-state index in [1.165, 1.54) is 12.1 Å². The summed E-state index contributed by atoms with van der Waals surface area (Å²) in [6.45, 7) is 0. The smallest absolute Gasteiger partial charge is 0.175 e. The average molecular weight is 366 g/mol. The molecular weight excluding hydrogens is 354 g/mol. The Hall–Kier alpha value is -0.910. The highest BCUT2D eigenvalue weighted by atomic mass is 79.9. The maximum Gasteiger partial charge on any atom is 0.175 e. The fourth-order valence-electron chi connectivity index (χ4n) is 1.54. The van der Waals surface area contributed by atoms with E-state index in [0.29, 0.717) is 5.56 Å². The molecule has 0 fully saturated rings. The number of hydrogen-bond donors (Lipinski definition) is 0. The Morgan fingerprint density at radius 1 is 1.21 bits per heavy atom. The van der Waals surface area contributed by atoms with Gasteiger partial charge >= 0.3 is 0 Å². The van der Waals surface area contributed by atoms with Gasteiger partial charge in [0, 0.05) is 17.8 Å². The van der Waals surface area contributed by atoms with E-state index in [0.717, 1.165) is 18.6 Å². The predicted molar refractivity (Wildman–Crippen MR) is 74.8 cm³/mol. The molecule has 0 radical (unpaired) electrons. The first-order chi connectivity index (χ1) is 8.61. The number of sulfone groups is 2. The summed E-state index contributed by atoms with van der Waals surface area (Å²) >= 11 is 3.14. The van der Waals surface area contributed by atoms with Gasteiger partial charge in [0.1, 0.15) is 0 Å². The minimum Gasteiger partial charge on any atom is -0.224 e. The van der Waals surface area contributed by atoms with Crippen molar-refractivity contribution in [1.29, 1.82) is 5.26 Å². The summed E-state index contributed by atoms with van der Waals surface area (Å²) in [5.74, 6) is -0.654. The third-order valence-corrected chi connectivity index (χ3v) is 5.41. The zero-order valence-corrected chi connectivity index (χ0v) is 13.5. The van der Waals surface area contributed by atoms with Crippen molar-refractivity contribution in [2.45, 2.75) is 15.7 Å². The molecule has 0 saturated carbocycles. The maximum absolute atomic E-state index is 11.7. The van der Waals surface area contributed by atoms with Crippen LogP contribution in [0.1, 0.15) is 11.5 Å². The third kappa shape index (κ3) is 3.78. The van der Waals surface area contributed by atoms with E-state index in [1.807, 2.05) is 6.07 Å². The standard InChI is InChI=1S/C11H12BrNO4S2/c1-18(14,15)9-3-4-10(8(6-12)7-13)11(5-9)19(2,16)17/h3-5,8H,6H2,1-2H3. The van der Waals surface area contributed by atoms with E-state index in [9.17, 15) is 16.8 Å². The lowest BCUT2D eigenvalue weighted by atomic mass is 10.0. The Bertz CT molecular complexity index is 732. The van der Waals surface area contributed by atoms with Crippen molar-refractivity contribution in [3.05, 3.63) is 23.8 Å². The molecule has 0 heterocycles. The highest BCUT2D eigenvalue weighted by Gasteiger charge is 2.22. The first-order valence-corrected chi connectivity index (χ1v) is 10.0.